The number of nitrogens with two attached hydrogens (primary N) is 1. The summed E-state index contributed by atoms with van der Waals surface area (Å²) in [6.07, 6.45) is 5.31. The number of hydrogen-bond donors (Lipinski definition) is 1. The van der Waals surface area contributed by atoms with Gasteiger partial charge in [-0.05, 0) is 36.8 Å². The van der Waals surface area contributed by atoms with Gasteiger partial charge < -0.3 is 10.3 Å². The third kappa shape index (κ3) is 2.35. The molecule has 3 atom stereocenters. The third-order valence-electron chi connectivity index (χ3n) is 4.95. The van der Waals surface area contributed by atoms with Gasteiger partial charge in [0.05, 0.1) is 11.0 Å². The summed E-state index contributed by atoms with van der Waals surface area (Å²) in [6.45, 7) is 3.07. The van der Waals surface area contributed by atoms with Crippen LogP contribution in [0.15, 0.2) is 24.3 Å². The minimum Gasteiger partial charge on any atom is -0.331 e. The lowest BCUT2D eigenvalue weighted by Gasteiger charge is -2.32. The van der Waals surface area contributed by atoms with E-state index in [0.717, 1.165) is 11.4 Å². The first-order valence-corrected chi connectivity index (χ1v) is 7.82. The van der Waals surface area contributed by atoms with Crippen LogP contribution >= 0.6 is 0 Å². The number of hydrogen-bond acceptors (Lipinski definition) is 2. The first-order valence-electron chi connectivity index (χ1n) is 7.82. The molecule has 1 aromatic heterocycles. The van der Waals surface area contributed by atoms with Gasteiger partial charge in [0.25, 0.3) is 0 Å². The smallest absolute Gasteiger partial charge is 0.114 e. The van der Waals surface area contributed by atoms with Crippen LogP contribution < -0.4 is 5.73 Å². The largest absolute Gasteiger partial charge is 0.331 e. The topological polar surface area (TPSA) is 43.8 Å². The molecule has 2 aromatic rings. The molecule has 108 valence electrons. The van der Waals surface area contributed by atoms with Gasteiger partial charge in [0.15, 0.2) is 0 Å². The van der Waals surface area contributed by atoms with Crippen LogP contribution in [0, 0.1) is 11.8 Å². The first kappa shape index (κ1) is 13.6. The van der Waals surface area contributed by atoms with Gasteiger partial charge in [0.2, 0.25) is 0 Å². The van der Waals surface area contributed by atoms with Crippen LogP contribution in [0.2, 0.25) is 0 Å². The van der Waals surface area contributed by atoms with E-state index in [1.165, 1.54) is 37.0 Å². The molecule has 20 heavy (non-hydrogen) atoms. The van der Waals surface area contributed by atoms with Gasteiger partial charge in [-0.3, -0.25) is 0 Å². The maximum atomic E-state index is 6.12. The van der Waals surface area contributed by atoms with E-state index >= 15 is 0 Å². The van der Waals surface area contributed by atoms with E-state index in [1.54, 1.807) is 0 Å². The lowest BCUT2D eigenvalue weighted by Crippen LogP contribution is -2.28. The van der Waals surface area contributed by atoms with Gasteiger partial charge in [-0.2, -0.15) is 0 Å². The molecule has 3 heteroatoms. The second-order valence-electron chi connectivity index (χ2n) is 6.39. The van der Waals surface area contributed by atoms with E-state index in [-0.39, 0.29) is 0 Å². The third-order valence-corrected chi connectivity index (χ3v) is 4.95. The molecule has 1 saturated carbocycles. The number of benzene rings is 1. The molecule has 0 spiro atoms. The van der Waals surface area contributed by atoms with Crippen molar-refractivity contribution in [3.63, 3.8) is 0 Å². The average molecular weight is 271 g/mol. The number of para-hydroxylation sites is 2. The second kappa shape index (κ2) is 5.57. The molecule has 1 fully saturated rings. The summed E-state index contributed by atoms with van der Waals surface area (Å²) in [7, 11) is 2.12. The molecule has 1 aromatic carbocycles. The molecule has 0 amide bonds. The molecular weight excluding hydrogens is 246 g/mol. The number of rotatable bonds is 3. The second-order valence-corrected chi connectivity index (χ2v) is 6.39. The van der Waals surface area contributed by atoms with Gasteiger partial charge in [-0.1, -0.05) is 31.9 Å². The van der Waals surface area contributed by atoms with Crippen LogP contribution in [0.25, 0.3) is 11.0 Å². The Bertz CT molecular complexity index is 587. The van der Waals surface area contributed by atoms with Crippen molar-refractivity contribution >= 4 is 11.0 Å². The molecule has 1 heterocycles. The van der Waals surface area contributed by atoms with Crippen LogP contribution in [0.3, 0.4) is 0 Å². The lowest BCUT2D eigenvalue weighted by molar-refractivity contribution is 0.241. The number of aromatic nitrogens is 2. The van der Waals surface area contributed by atoms with Crippen LogP contribution in [0.4, 0.5) is 0 Å². The molecule has 0 bridgehead atoms. The molecule has 3 nitrogen and oxygen atoms in total. The highest BCUT2D eigenvalue weighted by atomic mass is 15.1. The van der Waals surface area contributed by atoms with Crippen molar-refractivity contribution in [2.75, 3.05) is 6.54 Å². The fraction of sp³-hybridized carbons (Fsp3) is 0.588. The summed E-state index contributed by atoms with van der Waals surface area (Å²) in [5.41, 5.74) is 8.42. The fourth-order valence-electron chi connectivity index (χ4n) is 3.85. The molecule has 0 aliphatic heterocycles. The highest BCUT2D eigenvalue weighted by molar-refractivity contribution is 5.75. The lowest BCUT2D eigenvalue weighted by atomic mass is 9.75. The number of nitrogens with zero attached hydrogens (tertiary/aromatic N) is 2. The molecule has 3 rings (SSSR count). The van der Waals surface area contributed by atoms with Crippen LogP contribution in [0.5, 0.6) is 0 Å². The molecular formula is C17H25N3. The van der Waals surface area contributed by atoms with Crippen molar-refractivity contribution < 1.29 is 0 Å². The summed E-state index contributed by atoms with van der Waals surface area (Å²) in [6, 6.07) is 8.37. The van der Waals surface area contributed by atoms with Crippen molar-refractivity contribution in [3.8, 4) is 0 Å². The van der Waals surface area contributed by atoms with E-state index in [1.807, 2.05) is 0 Å². The Morgan fingerprint density at radius 1 is 1.35 bits per heavy atom. The minimum absolute atomic E-state index is 0.398. The Balaban J connectivity index is 1.96. The van der Waals surface area contributed by atoms with Crippen molar-refractivity contribution in [3.05, 3.63) is 30.1 Å². The maximum absolute atomic E-state index is 6.12. The van der Waals surface area contributed by atoms with Gasteiger partial charge in [0, 0.05) is 19.5 Å². The molecule has 1 aliphatic carbocycles. The first-order chi connectivity index (χ1) is 9.70. The van der Waals surface area contributed by atoms with Crippen molar-refractivity contribution in [2.45, 2.75) is 38.5 Å². The Hall–Kier alpha value is -1.35. The SMILES string of the molecule is CC1CCCC(C(CN)c2nc3ccccc3n2C)C1. The van der Waals surface area contributed by atoms with Crippen LogP contribution in [0.1, 0.15) is 44.3 Å². The van der Waals surface area contributed by atoms with Crippen LogP contribution in [-0.4, -0.2) is 16.1 Å². The zero-order valence-corrected chi connectivity index (χ0v) is 12.5. The van der Waals surface area contributed by atoms with Gasteiger partial charge >= 0.3 is 0 Å². The Morgan fingerprint density at radius 3 is 2.85 bits per heavy atom. The molecule has 2 N–H and O–H groups in total. The van der Waals surface area contributed by atoms with Crippen LogP contribution in [-0.2, 0) is 7.05 Å². The Labute approximate surface area is 121 Å². The van der Waals surface area contributed by atoms with E-state index in [9.17, 15) is 0 Å². The molecule has 0 saturated heterocycles. The monoisotopic (exact) mass is 271 g/mol. The minimum atomic E-state index is 0.398. The van der Waals surface area contributed by atoms with Crippen molar-refractivity contribution in [2.24, 2.45) is 24.6 Å². The van der Waals surface area contributed by atoms with E-state index in [4.69, 9.17) is 10.7 Å². The fourth-order valence-corrected chi connectivity index (χ4v) is 3.85. The summed E-state index contributed by atoms with van der Waals surface area (Å²) >= 11 is 0. The molecule has 1 aliphatic rings. The van der Waals surface area contributed by atoms with Crippen molar-refractivity contribution in [1.82, 2.24) is 9.55 Å². The Morgan fingerprint density at radius 2 is 2.15 bits per heavy atom. The standard InChI is InChI=1S/C17H25N3/c1-12-6-5-7-13(10-12)14(11-18)17-19-15-8-3-4-9-16(15)20(17)2/h3-4,8-9,12-14H,5-7,10-11,18H2,1-2H3. The molecule has 3 unspecified atom stereocenters. The summed E-state index contributed by atoms with van der Waals surface area (Å²) < 4.78 is 2.24. The predicted octanol–water partition coefficient (Wildman–Crippen LogP) is 3.44. The van der Waals surface area contributed by atoms with Gasteiger partial charge in [0.1, 0.15) is 5.82 Å². The Kier molecular flexibility index (Phi) is 3.79. The number of imidazole rings is 1. The average Bonchev–Trinajstić information content (AvgIpc) is 2.78. The molecule has 0 radical (unpaired) electrons. The summed E-state index contributed by atoms with van der Waals surface area (Å²) in [4.78, 5) is 4.87. The maximum Gasteiger partial charge on any atom is 0.114 e. The summed E-state index contributed by atoms with van der Waals surface area (Å²) in [5, 5.41) is 0. The number of fused-ring (bicyclic) bond motifs is 1. The van der Waals surface area contributed by atoms with Gasteiger partial charge in [-0.25, -0.2) is 4.98 Å². The highest BCUT2D eigenvalue weighted by Gasteiger charge is 2.29. The van der Waals surface area contributed by atoms with E-state index < -0.39 is 0 Å². The number of aryl methyl sites for hydroxylation is 1. The quantitative estimate of drug-likeness (QED) is 0.929. The van der Waals surface area contributed by atoms with E-state index in [0.29, 0.717) is 18.4 Å². The zero-order chi connectivity index (χ0) is 14.1. The highest BCUT2D eigenvalue weighted by Crippen LogP contribution is 2.38. The zero-order valence-electron chi connectivity index (χ0n) is 12.5. The van der Waals surface area contributed by atoms with Gasteiger partial charge in [-0.15, -0.1) is 0 Å². The normalized spacial score (nSPS) is 24.9. The van der Waals surface area contributed by atoms with Crippen molar-refractivity contribution in [1.29, 1.82) is 0 Å². The predicted molar refractivity (Wildman–Crippen MR) is 83.6 cm³/mol. The summed E-state index contributed by atoms with van der Waals surface area (Å²) in [5.74, 6) is 3.10. The van der Waals surface area contributed by atoms with E-state index in [2.05, 4.69) is 42.8 Å².